The second-order valence-corrected chi connectivity index (χ2v) is 18.7. The molecule has 1 saturated heterocycles. The first-order chi connectivity index (χ1) is 30.2. The number of amides is 1. The van der Waals surface area contributed by atoms with Gasteiger partial charge in [-0.05, 0) is 156 Å². The fraction of sp³-hybridized carbons (Fsp3) is 0.582. The summed E-state index contributed by atoms with van der Waals surface area (Å²) in [5.41, 5.74) is 20.3. The summed E-state index contributed by atoms with van der Waals surface area (Å²) in [6, 6.07) is 6.64. The minimum atomic E-state index is -0.0766. The number of nitrogens with zero attached hydrogens (tertiary/aromatic N) is 4. The largest absolute Gasteiger partial charge is 0.394 e. The molecule has 3 rings (SSSR count). The number of nitrogen functional groups attached to an aromatic ring is 1. The molecule has 348 valence electrons. The van der Waals surface area contributed by atoms with Crippen molar-refractivity contribution >= 4 is 17.7 Å². The van der Waals surface area contributed by atoms with Gasteiger partial charge in [-0.25, -0.2) is 4.98 Å². The van der Waals surface area contributed by atoms with Crippen molar-refractivity contribution in [3.8, 4) is 0 Å². The number of hydrogen-bond acceptors (Lipinski definition) is 7. The van der Waals surface area contributed by atoms with Crippen LogP contribution in [0.4, 0.5) is 11.8 Å². The van der Waals surface area contributed by atoms with E-state index in [-0.39, 0.29) is 24.5 Å². The van der Waals surface area contributed by atoms with Gasteiger partial charge in [0, 0.05) is 56.8 Å². The Hall–Kier alpha value is -4.27. The van der Waals surface area contributed by atoms with Crippen LogP contribution in [0.5, 0.6) is 0 Å². The maximum Gasteiger partial charge on any atom is 0.222 e. The zero-order valence-corrected chi connectivity index (χ0v) is 41.3. The van der Waals surface area contributed by atoms with Gasteiger partial charge in [0.15, 0.2) is 0 Å². The molecule has 0 aliphatic carbocycles. The van der Waals surface area contributed by atoms with Gasteiger partial charge in [0.25, 0.3) is 0 Å². The topological polar surface area (TPSA) is 108 Å². The van der Waals surface area contributed by atoms with Crippen LogP contribution in [0.25, 0.3) is 0 Å². The summed E-state index contributed by atoms with van der Waals surface area (Å²) in [4.78, 5) is 26.6. The number of nitrogens with two attached hydrogens (primary N) is 1. The Morgan fingerprint density at radius 2 is 1.25 bits per heavy atom. The highest BCUT2D eigenvalue weighted by atomic mass is 16.3. The molecular formula is C55H86N6O2. The first-order valence-corrected chi connectivity index (χ1v) is 24.2. The van der Waals surface area contributed by atoms with E-state index in [1.807, 2.05) is 6.92 Å². The molecule has 1 aromatic carbocycles. The van der Waals surface area contributed by atoms with E-state index in [1.54, 1.807) is 0 Å². The SMILES string of the molecule is CCC[C@@H](CO)Nc1nc(N)nc(C)c1Cc1ccc(CN2CCN(C(=O)CC/C(C)=C/CC/C(C)=C/CC/C(C)=C/CC/C=C(\C)CC/C=C(\C)CCC=C(C)C)CC2)cc1C. The molecule has 2 heterocycles. The Bertz CT molecular complexity index is 1900. The zero-order chi connectivity index (χ0) is 46.1. The first-order valence-electron chi connectivity index (χ1n) is 24.2. The van der Waals surface area contributed by atoms with Gasteiger partial charge in [-0.3, -0.25) is 9.69 Å². The Morgan fingerprint density at radius 3 is 1.76 bits per heavy atom. The maximum atomic E-state index is 13.2. The summed E-state index contributed by atoms with van der Waals surface area (Å²) < 4.78 is 0. The number of carbonyl (C=O) groups excluding carboxylic acids is 1. The molecule has 4 N–H and O–H groups in total. The van der Waals surface area contributed by atoms with E-state index in [0.717, 1.165) is 121 Å². The second-order valence-electron chi connectivity index (χ2n) is 18.7. The Kier molecular flexibility index (Phi) is 24.6. The van der Waals surface area contributed by atoms with Crippen molar-refractivity contribution in [1.82, 2.24) is 19.8 Å². The minimum Gasteiger partial charge on any atom is -0.394 e. The molecule has 0 saturated carbocycles. The number of aromatic nitrogens is 2. The molecule has 0 unspecified atom stereocenters. The van der Waals surface area contributed by atoms with Gasteiger partial charge < -0.3 is 21.1 Å². The normalized spacial score (nSPS) is 15.2. The molecule has 0 bridgehead atoms. The van der Waals surface area contributed by atoms with E-state index in [9.17, 15) is 9.90 Å². The second kappa shape index (κ2) is 29.2. The lowest BCUT2D eigenvalue weighted by Crippen LogP contribution is -2.48. The van der Waals surface area contributed by atoms with Crippen LogP contribution in [0.2, 0.25) is 0 Å². The molecule has 1 aromatic heterocycles. The molecule has 0 radical (unpaired) electrons. The van der Waals surface area contributed by atoms with Gasteiger partial charge in [-0.1, -0.05) is 101 Å². The van der Waals surface area contributed by atoms with Crippen molar-refractivity contribution in [2.45, 2.75) is 178 Å². The molecular weight excluding hydrogens is 777 g/mol. The van der Waals surface area contributed by atoms with Gasteiger partial charge in [-0.2, -0.15) is 4.98 Å². The summed E-state index contributed by atoms with van der Waals surface area (Å²) in [6.07, 6.45) is 29.5. The predicted molar refractivity (Wildman–Crippen MR) is 270 cm³/mol. The molecule has 1 aliphatic rings. The number of aryl methyl sites for hydroxylation is 2. The third kappa shape index (κ3) is 21.3. The van der Waals surface area contributed by atoms with E-state index in [0.29, 0.717) is 18.7 Å². The van der Waals surface area contributed by atoms with Gasteiger partial charge in [0.05, 0.1) is 12.6 Å². The Labute approximate surface area is 384 Å². The standard InChI is InChI=1S/C55H86N6O2/c1-11-18-51(40-62)58-54-52(48(10)57-55(56)59-54)38-50-31-30-49(37-47(50)9)39-60-33-35-61(36-34-60)53(63)32-29-46(8)28-17-27-45(7)26-16-24-43(5)21-13-12-20-42(4)23-15-25-44(6)22-14-19-41(2)3/h19-21,25-26,28,30-31,37,51,62H,11-18,22-24,27,29,32-36,38-40H2,1-10H3,(H3,56,57,58,59)/b42-20+,43-21+,44-25+,45-26+,46-28+/t51-/m0/s1. The molecule has 1 fully saturated rings. The highest BCUT2D eigenvalue weighted by molar-refractivity contribution is 5.76. The molecule has 8 heteroatoms. The lowest BCUT2D eigenvalue weighted by Gasteiger charge is -2.35. The number of piperazine rings is 1. The number of anilines is 2. The van der Waals surface area contributed by atoms with Crippen molar-refractivity contribution in [2.24, 2.45) is 0 Å². The quantitative estimate of drug-likeness (QED) is 0.0606. The van der Waals surface area contributed by atoms with Gasteiger partial charge in [0.2, 0.25) is 11.9 Å². The lowest BCUT2D eigenvalue weighted by atomic mass is 9.97. The van der Waals surface area contributed by atoms with Crippen LogP contribution in [-0.4, -0.2) is 69.6 Å². The zero-order valence-electron chi connectivity index (χ0n) is 41.3. The van der Waals surface area contributed by atoms with Gasteiger partial charge >= 0.3 is 0 Å². The fourth-order valence-corrected chi connectivity index (χ4v) is 8.22. The summed E-state index contributed by atoms with van der Waals surface area (Å²) in [6.45, 7) is 26.1. The van der Waals surface area contributed by atoms with E-state index < -0.39 is 0 Å². The lowest BCUT2D eigenvalue weighted by molar-refractivity contribution is -0.133. The number of benzene rings is 1. The molecule has 1 amide bonds. The number of aliphatic hydroxyl groups is 1. The van der Waals surface area contributed by atoms with Crippen molar-refractivity contribution < 1.29 is 9.90 Å². The van der Waals surface area contributed by atoms with E-state index in [2.05, 4.69) is 142 Å². The first kappa shape index (κ1) is 53.1. The summed E-state index contributed by atoms with van der Waals surface area (Å²) in [5.74, 6) is 1.22. The third-order valence-electron chi connectivity index (χ3n) is 12.4. The van der Waals surface area contributed by atoms with E-state index in [4.69, 9.17) is 5.73 Å². The van der Waals surface area contributed by atoms with Crippen LogP contribution in [0.3, 0.4) is 0 Å². The van der Waals surface area contributed by atoms with Gasteiger partial charge in [-0.15, -0.1) is 0 Å². The van der Waals surface area contributed by atoms with Crippen molar-refractivity contribution in [3.63, 3.8) is 0 Å². The molecule has 8 nitrogen and oxygen atoms in total. The van der Waals surface area contributed by atoms with Crippen LogP contribution < -0.4 is 11.1 Å². The van der Waals surface area contributed by atoms with Crippen LogP contribution in [0.15, 0.2) is 88.1 Å². The average molecular weight is 863 g/mol. The number of unbranched alkanes of at least 4 members (excludes halogenated alkanes) is 1. The minimum absolute atomic E-state index is 0.0384. The van der Waals surface area contributed by atoms with Crippen molar-refractivity contribution in [1.29, 1.82) is 0 Å². The number of aliphatic hydroxyl groups excluding tert-OH is 1. The highest BCUT2D eigenvalue weighted by Crippen LogP contribution is 2.25. The molecule has 1 atom stereocenters. The summed E-state index contributed by atoms with van der Waals surface area (Å²) in [7, 11) is 0. The van der Waals surface area contributed by atoms with Gasteiger partial charge in [0.1, 0.15) is 5.82 Å². The van der Waals surface area contributed by atoms with Crippen LogP contribution >= 0.6 is 0 Å². The van der Waals surface area contributed by atoms with E-state index in [1.165, 1.54) is 56.5 Å². The number of hydrogen-bond donors (Lipinski definition) is 3. The van der Waals surface area contributed by atoms with Crippen molar-refractivity contribution in [3.05, 3.63) is 116 Å². The molecule has 1 aliphatic heterocycles. The summed E-state index contributed by atoms with van der Waals surface area (Å²) >= 11 is 0. The summed E-state index contributed by atoms with van der Waals surface area (Å²) in [5, 5.41) is 13.3. The highest BCUT2D eigenvalue weighted by Gasteiger charge is 2.22. The molecule has 0 spiro atoms. The number of allylic oxidation sites excluding steroid dienone is 12. The Balaban J connectivity index is 1.33. The monoisotopic (exact) mass is 863 g/mol. The van der Waals surface area contributed by atoms with Crippen LogP contribution in [0.1, 0.15) is 173 Å². The number of nitrogens with one attached hydrogen (secondary N) is 1. The number of carbonyl (C=O) groups is 1. The smallest absolute Gasteiger partial charge is 0.222 e. The maximum absolute atomic E-state index is 13.2. The Morgan fingerprint density at radius 1 is 0.730 bits per heavy atom. The molecule has 2 aromatic rings. The molecule has 63 heavy (non-hydrogen) atoms. The van der Waals surface area contributed by atoms with Crippen LogP contribution in [-0.2, 0) is 17.8 Å². The van der Waals surface area contributed by atoms with Crippen molar-refractivity contribution in [2.75, 3.05) is 43.8 Å². The van der Waals surface area contributed by atoms with E-state index >= 15 is 0 Å². The number of rotatable bonds is 27. The predicted octanol–water partition coefficient (Wildman–Crippen LogP) is 12.9. The third-order valence-corrected chi connectivity index (χ3v) is 12.4. The fourth-order valence-electron chi connectivity index (χ4n) is 8.22. The van der Waals surface area contributed by atoms with Crippen LogP contribution in [0, 0.1) is 13.8 Å². The average Bonchev–Trinajstić information content (AvgIpc) is 3.23.